The Hall–Kier alpha value is -2.65. The summed E-state index contributed by atoms with van der Waals surface area (Å²) in [7, 11) is 1.51. The Balaban J connectivity index is 1.85. The van der Waals surface area contributed by atoms with E-state index in [1.54, 1.807) is 0 Å². The summed E-state index contributed by atoms with van der Waals surface area (Å²) in [6.07, 6.45) is 3.95. The number of aryl methyl sites for hydroxylation is 2. The largest absolute Gasteiger partial charge is 0.489 e. The van der Waals surface area contributed by atoms with Crippen molar-refractivity contribution in [2.45, 2.75) is 64.1 Å². The van der Waals surface area contributed by atoms with Gasteiger partial charge in [0.15, 0.2) is 0 Å². The molecule has 34 heavy (non-hydrogen) atoms. The number of likely N-dealkylation sites (N-methyl/N-ethyl adjacent to an activating group) is 1. The molecule has 4 N–H and O–H groups in total. The highest BCUT2D eigenvalue weighted by Crippen LogP contribution is 2.32. The number of benzene rings is 1. The number of nitrogens with zero attached hydrogens (tertiary/aromatic N) is 1. The number of carbonyl (C=O) groups is 3. The topological polar surface area (TPSA) is 120 Å². The van der Waals surface area contributed by atoms with Crippen LogP contribution < -0.4 is 20.7 Å². The molecule has 3 amide bonds. The van der Waals surface area contributed by atoms with Crippen molar-refractivity contribution in [2.24, 2.45) is 5.92 Å². The van der Waals surface area contributed by atoms with E-state index >= 15 is 0 Å². The molecule has 2 aliphatic heterocycles. The van der Waals surface area contributed by atoms with Crippen LogP contribution in [0.2, 0.25) is 0 Å². The minimum absolute atomic E-state index is 0.0140. The number of ether oxygens (including phenoxy) is 1. The van der Waals surface area contributed by atoms with Crippen LogP contribution >= 0.6 is 0 Å². The van der Waals surface area contributed by atoms with E-state index in [2.05, 4.69) is 28.1 Å². The maximum absolute atomic E-state index is 13.4. The molecule has 4 atom stereocenters. The van der Waals surface area contributed by atoms with Gasteiger partial charge in [-0.2, -0.15) is 0 Å². The van der Waals surface area contributed by atoms with E-state index < -0.39 is 24.6 Å². The normalized spacial score (nSPS) is 25.9. The first kappa shape index (κ1) is 26.0. The Kier molecular flexibility index (Phi) is 9.29. The molecular weight excluding hydrogens is 436 g/mol. The van der Waals surface area contributed by atoms with E-state index in [1.165, 1.54) is 17.5 Å². The van der Waals surface area contributed by atoms with Crippen molar-refractivity contribution in [3.05, 3.63) is 29.3 Å². The monoisotopic (exact) mass is 474 g/mol. The van der Waals surface area contributed by atoms with Crippen LogP contribution in [0.25, 0.3) is 0 Å². The van der Waals surface area contributed by atoms with Crippen LogP contribution in [0.15, 0.2) is 18.2 Å². The number of rotatable bonds is 3. The number of hydrogen-bond acceptors (Lipinski definition) is 6. The molecule has 188 valence electrons. The van der Waals surface area contributed by atoms with Gasteiger partial charge in [-0.3, -0.25) is 14.4 Å². The lowest BCUT2D eigenvalue weighted by Crippen LogP contribution is -2.57. The Morgan fingerprint density at radius 2 is 1.91 bits per heavy atom. The third-order valence-corrected chi connectivity index (χ3v) is 6.90. The molecule has 2 bridgehead atoms. The van der Waals surface area contributed by atoms with E-state index in [-0.39, 0.29) is 30.4 Å². The van der Waals surface area contributed by atoms with E-state index in [0.29, 0.717) is 13.1 Å². The van der Waals surface area contributed by atoms with Crippen molar-refractivity contribution in [1.29, 1.82) is 0 Å². The molecule has 2 aliphatic rings. The van der Waals surface area contributed by atoms with Crippen molar-refractivity contribution >= 4 is 17.7 Å². The molecule has 0 aromatic heterocycles. The quantitative estimate of drug-likeness (QED) is 0.503. The number of aliphatic hydroxyl groups excluding tert-OH is 1. The summed E-state index contributed by atoms with van der Waals surface area (Å²) in [6.45, 7) is 4.24. The van der Waals surface area contributed by atoms with Gasteiger partial charge < -0.3 is 30.7 Å². The highest BCUT2D eigenvalue weighted by atomic mass is 16.5. The fourth-order valence-corrected chi connectivity index (χ4v) is 4.50. The lowest BCUT2D eigenvalue weighted by Gasteiger charge is -2.34. The highest BCUT2D eigenvalue weighted by molar-refractivity contribution is 5.92. The Labute approximate surface area is 201 Å². The van der Waals surface area contributed by atoms with Crippen LogP contribution in [-0.2, 0) is 27.2 Å². The van der Waals surface area contributed by atoms with Crippen LogP contribution in [0, 0.1) is 5.92 Å². The van der Waals surface area contributed by atoms with Gasteiger partial charge in [0.25, 0.3) is 0 Å². The summed E-state index contributed by atoms with van der Waals surface area (Å²) in [6, 6.07) is 4.59. The summed E-state index contributed by atoms with van der Waals surface area (Å²) in [5.74, 6) is -0.212. The SMILES string of the molecule is CCC(C)C1NCC2CCc3cccc(c3O2)CCCNC(=O)CNC(=O)C(CO)N(C)C1=O. The number of amides is 3. The zero-order valence-corrected chi connectivity index (χ0v) is 20.4. The van der Waals surface area contributed by atoms with Crippen molar-refractivity contribution in [3.8, 4) is 5.75 Å². The van der Waals surface area contributed by atoms with Gasteiger partial charge in [0, 0.05) is 20.1 Å². The molecule has 2 heterocycles. The molecule has 1 aromatic carbocycles. The summed E-state index contributed by atoms with van der Waals surface area (Å²) in [5.41, 5.74) is 2.31. The van der Waals surface area contributed by atoms with Crippen molar-refractivity contribution in [1.82, 2.24) is 20.9 Å². The molecule has 0 radical (unpaired) electrons. The predicted molar refractivity (Wildman–Crippen MR) is 128 cm³/mol. The fourth-order valence-electron chi connectivity index (χ4n) is 4.50. The van der Waals surface area contributed by atoms with Crippen molar-refractivity contribution in [2.75, 3.05) is 33.3 Å². The van der Waals surface area contributed by atoms with Crippen LogP contribution in [0.1, 0.15) is 44.2 Å². The number of carbonyl (C=O) groups excluding carboxylic acids is 3. The lowest BCUT2D eigenvalue weighted by molar-refractivity contribution is -0.143. The van der Waals surface area contributed by atoms with Gasteiger partial charge in [-0.1, -0.05) is 38.5 Å². The van der Waals surface area contributed by atoms with E-state index in [9.17, 15) is 19.5 Å². The van der Waals surface area contributed by atoms with Crippen LogP contribution in [0.4, 0.5) is 0 Å². The van der Waals surface area contributed by atoms with Gasteiger partial charge in [0.1, 0.15) is 17.9 Å². The molecule has 1 aromatic rings. The number of fused-ring (bicyclic) bond motifs is 1. The number of hydrogen-bond donors (Lipinski definition) is 4. The van der Waals surface area contributed by atoms with Gasteiger partial charge in [-0.05, 0) is 42.7 Å². The minimum Gasteiger partial charge on any atom is -0.489 e. The highest BCUT2D eigenvalue weighted by Gasteiger charge is 2.34. The van der Waals surface area contributed by atoms with Crippen LogP contribution in [-0.4, -0.2) is 79.2 Å². The smallest absolute Gasteiger partial charge is 0.245 e. The summed E-state index contributed by atoms with van der Waals surface area (Å²) in [4.78, 5) is 39.5. The fraction of sp³-hybridized carbons (Fsp3) is 0.640. The van der Waals surface area contributed by atoms with Crippen LogP contribution in [0.5, 0.6) is 5.75 Å². The second-order valence-electron chi connectivity index (χ2n) is 9.27. The molecule has 9 nitrogen and oxygen atoms in total. The average Bonchev–Trinajstić information content (AvgIpc) is 2.84. The van der Waals surface area contributed by atoms with Crippen LogP contribution in [0.3, 0.4) is 0 Å². The van der Waals surface area contributed by atoms with E-state index in [4.69, 9.17) is 4.74 Å². The first-order chi connectivity index (χ1) is 16.3. The van der Waals surface area contributed by atoms with Gasteiger partial charge in [0.05, 0.1) is 19.2 Å². The zero-order valence-electron chi connectivity index (χ0n) is 20.4. The maximum Gasteiger partial charge on any atom is 0.245 e. The molecule has 0 aliphatic carbocycles. The zero-order chi connectivity index (χ0) is 24.7. The molecule has 3 rings (SSSR count). The molecule has 9 heteroatoms. The third kappa shape index (κ3) is 6.27. The molecule has 0 saturated heterocycles. The minimum atomic E-state index is -1.08. The van der Waals surface area contributed by atoms with E-state index in [0.717, 1.165) is 43.4 Å². The Morgan fingerprint density at radius 3 is 2.62 bits per heavy atom. The molecule has 4 unspecified atom stereocenters. The Bertz CT molecular complexity index is 877. The number of nitrogens with one attached hydrogen (secondary N) is 3. The predicted octanol–water partition coefficient (Wildman–Crippen LogP) is 0.382. The summed E-state index contributed by atoms with van der Waals surface area (Å²) >= 11 is 0. The second-order valence-corrected chi connectivity index (χ2v) is 9.27. The molecule has 0 saturated carbocycles. The maximum atomic E-state index is 13.4. The third-order valence-electron chi connectivity index (χ3n) is 6.90. The van der Waals surface area contributed by atoms with Crippen molar-refractivity contribution in [3.63, 3.8) is 0 Å². The van der Waals surface area contributed by atoms with Gasteiger partial charge in [-0.15, -0.1) is 0 Å². The number of aliphatic hydroxyl groups is 1. The van der Waals surface area contributed by atoms with Gasteiger partial charge in [-0.25, -0.2) is 0 Å². The molecule has 0 fully saturated rings. The van der Waals surface area contributed by atoms with Crippen molar-refractivity contribution < 1.29 is 24.2 Å². The molecular formula is C25H38N4O5. The summed E-state index contributed by atoms with van der Waals surface area (Å²) in [5, 5.41) is 18.6. The number of para-hydroxylation sites is 1. The first-order valence-corrected chi connectivity index (χ1v) is 12.3. The van der Waals surface area contributed by atoms with Gasteiger partial charge in [0.2, 0.25) is 17.7 Å². The second kappa shape index (κ2) is 12.2. The lowest BCUT2D eigenvalue weighted by atomic mass is 9.95. The first-order valence-electron chi connectivity index (χ1n) is 12.3. The molecule has 0 spiro atoms. The van der Waals surface area contributed by atoms with Gasteiger partial charge >= 0.3 is 0 Å². The van der Waals surface area contributed by atoms with E-state index in [1.807, 2.05) is 19.9 Å². The summed E-state index contributed by atoms with van der Waals surface area (Å²) < 4.78 is 6.38. The standard InChI is InChI=1S/C25H38N4O5/c1-4-16(2)22-25(33)29(3)20(15-30)24(32)28-14-21(31)26-12-6-9-17-7-5-8-18-10-11-19(13-27-22)34-23(17)18/h5,7-8,16,19-20,22,27,30H,4,6,9-15H2,1-3H3,(H,26,31)(H,28,32). The Morgan fingerprint density at radius 1 is 1.18 bits per heavy atom. The average molecular weight is 475 g/mol.